The normalized spacial score (nSPS) is 9.56. The molecule has 18 heavy (non-hydrogen) atoms. The van der Waals surface area contributed by atoms with Crippen molar-refractivity contribution in [2.45, 2.75) is 0 Å². The van der Waals surface area contributed by atoms with Crippen LogP contribution in [0, 0.1) is 11.3 Å². The van der Waals surface area contributed by atoms with E-state index in [2.05, 4.69) is 0 Å². The van der Waals surface area contributed by atoms with Crippen LogP contribution in [0.15, 0.2) is 42.5 Å². The molecule has 0 amide bonds. The first kappa shape index (κ1) is 12.2. The highest BCUT2D eigenvalue weighted by Gasteiger charge is 2.11. The third-order valence-electron chi connectivity index (χ3n) is 2.34. The number of benzene rings is 2. The van der Waals surface area contributed by atoms with Crippen LogP contribution in [0.1, 0.15) is 15.9 Å². The zero-order chi connectivity index (χ0) is 13.0. The quantitative estimate of drug-likeness (QED) is 0.786. The summed E-state index contributed by atoms with van der Waals surface area (Å²) in [5, 5.41) is 9.29. The molecule has 0 saturated heterocycles. The van der Waals surface area contributed by atoms with Crippen LogP contribution < -0.4 is 4.74 Å². The van der Waals surface area contributed by atoms with E-state index in [4.69, 9.17) is 21.6 Å². The molecular weight excluding hydrogens is 250 g/mol. The zero-order valence-corrected chi connectivity index (χ0v) is 10.0. The van der Waals surface area contributed by atoms with E-state index in [1.807, 2.05) is 6.07 Å². The van der Waals surface area contributed by atoms with Gasteiger partial charge in [-0.05, 0) is 24.3 Å². The Morgan fingerprint density at radius 1 is 1.17 bits per heavy atom. The molecule has 0 aliphatic carbocycles. The predicted octanol–water partition coefficient (Wildman–Crippen LogP) is 3.82. The van der Waals surface area contributed by atoms with E-state index in [1.54, 1.807) is 42.5 Å². The molecule has 0 spiro atoms. The minimum absolute atomic E-state index is 0.261. The van der Waals surface area contributed by atoms with Crippen molar-refractivity contribution in [3.05, 3.63) is 58.6 Å². The lowest BCUT2D eigenvalue weighted by Crippen LogP contribution is -1.93. The molecule has 88 valence electrons. The molecule has 0 N–H and O–H groups in total. The van der Waals surface area contributed by atoms with E-state index in [0.29, 0.717) is 28.2 Å². The molecule has 2 aromatic carbocycles. The smallest absolute Gasteiger partial charge is 0.156 e. The molecule has 3 nitrogen and oxygen atoms in total. The van der Waals surface area contributed by atoms with Crippen molar-refractivity contribution in [1.29, 1.82) is 5.26 Å². The largest absolute Gasteiger partial charge is 0.454 e. The van der Waals surface area contributed by atoms with Crippen LogP contribution in [0.5, 0.6) is 11.5 Å². The number of ether oxygens (including phenoxy) is 1. The van der Waals surface area contributed by atoms with Gasteiger partial charge in [-0.2, -0.15) is 5.26 Å². The maximum absolute atomic E-state index is 10.9. The zero-order valence-electron chi connectivity index (χ0n) is 9.26. The van der Waals surface area contributed by atoms with E-state index in [1.165, 1.54) is 0 Å². The summed E-state index contributed by atoms with van der Waals surface area (Å²) in [5.74, 6) is 0.632. The Labute approximate surface area is 109 Å². The third-order valence-corrected chi connectivity index (χ3v) is 2.64. The van der Waals surface area contributed by atoms with Crippen LogP contribution >= 0.6 is 11.6 Å². The van der Waals surface area contributed by atoms with Crippen molar-refractivity contribution >= 4 is 17.9 Å². The molecule has 0 aliphatic heterocycles. The van der Waals surface area contributed by atoms with Gasteiger partial charge in [-0.15, -0.1) is 0 Å². The molecule has 0 saturated carbocycles. The Morgan fingerprint density at radius 2 is 1.94 bits per heavy atom. The summed E-state index contributed by atoms with van der Waals surface area (Å²) in [5.41, 5.74) is 0.726. The van der Waals surface area contributed by atoms with E-state index in [9.17, 15) is 4.79 Å². The summed E-state index contributed by atoms with van der Waals surface area (Å²) in [7, 11) is 0. The monoisotopic (exact) mass is 257 g/mol. The van der Waals surface area contributed by atoms with Gasteiger partial charge in [0.25, 0.3) is 0 Å². The average molecular weight is 258 g/mol. The van der Waals surface area contributed by atoms with Crippen molar-refractivity contribution in [1.82, 2.24) is 0 Å². The molecule has 0 atom stereocenters. The van der Waals surface area contributed by atoms with E-state index in [0.717, 1.165) is 0 Å². The van der Waals surface area contributed by atoms with Gasteiger partial charge in [0.2, 0.25) is 0 Å². The second-order valence-electron chi connectivity index (χ2n) is 3.49. The summed E-state index contributed by atoms with van der Waals surface area (Å²) in [6, 6.07) is 13.7. The van der Waals surface area contributed by atoms with Gasteiger partial charge in [0, 0.05) is 0 Å². The minimum atomic E-state index is 0.261. The average Bonchev–Trinajstić information content (AvgIpc) is 2.41. The lowest BCUT2D eigenvalue weighted by Gasteiger charge is -2.10. The lowest BCUT2D eigenvalue weighted by molar-refractivity contribution is 0.112. The van der Waals surface area contributed by atoms with Crippen LogP contribution in [0.25, 0.3) is 0 Å². The van der Waals surface area contributed by atoms with Crippen molar-refractivity contribution in [2.75, 3.05) is 0 Å². The van der Waals surface area contributed by atoms with Crippen LogP contribution in [-0.4, -0.2) is 6.29 Å². The fourth-order valence-electron chi connectivity index (χ4n) is 1.48. The number of hydrogen-bond acceptors (Lipinski definition) is 3. The topological polar surface area (TPSA) is 50.1 Å². The predicted molar refractivity (Wildman–Crippen MR) is 68.1 cm³/mol. The van der Waals surface area contributed by atoms with E-state index in [-0.39, 0.29) is 5.75 Å². The summed E-state index contributed by atoms with van der Waals surface area (Å²) in [6.07, 6.45) is 0.663. The molecule has 0 bridgehead atoms. The van der Waals surface area contributed by atoms with Crippen LogP contribution in [-0.2, 0) is 0 Å². The van der Waals surface area contributed by atoms with Gasteiger partial charge in [0.15, 0.2) is 12.0 Å². The fraction of sp³-hybridized carbons (Fsp3) is 0. The minimum Gasteiger partial charge on any atom is -0.454 e. The number of halogens is 1. The van der Waals surface area contributed by atoms with Gasteiger partial charge in [-0.3, -0.25) is 4.79 Å². The molecule has 4 heteroatoms. The van der Waals surface area contributed by atoms with Crippen LogP contribution in [0.2, 0.25) is 5.02 Å². The van der Waals surface area contributed by atoms with Gasteiger partial charge >= 0.3 is 0 Å². The van der Waals surface area contributed by atoms with E-state index >= 15 is 0 Å². The van der Waals surface area contributed by atoms with Crippen molar-refractivity contribution in [3.63, 3.8) is 0 Å². The first-order valence-corrected chi connectivity index (χ1v) is 5.54. The number of para-hydroxylation sites is 2. The Kier molecular flexibility index (Phi) is 3.61. The van der Waals surface area contributed by atoms with Gasteiger partial charge < -0.3 is 4.74 Å². The van der Waals surface area contributed by atoms with Crippen molar-refractivity contribution in [2.24, 2.45) is 0 Å². The Balaban J connectivity index is 2.47. The summed E-state index contributed by atoms with van der Waals surface area (Å²) < 4.78 is 5.57. The summed E-state index contributed by atoms with van der Waals surface area (Å²) in [4.78, 5) is 10.9. The SMILES string of the molecule is N#Cc1ccccc1Oc1c(Cl)cccc1C=O. The summed E-state index contributed by atoms with van der Waals surface area (Å²) >= 11 is 5.99. The van der Waals surface area contributed by atoms with E-state index < -0.39 is 0 Å². The van der Waals surface area contributed by atoms with Gasteiger partial charge in [0.05, 0.1) is 16.1 Å². The number of hydrogen-bond donors (Lipinski definition) is 0. The van der Waals surface area contributed by atoms with Crippen LogP contribution in [0.4, 0.5) is 0 Å². The summed E-state index contributed by atoms with van der Waals surface area (Å²) in [6.45, 7) is 0. The number of carbonyl (C=O) groups is 1. The van der Waals surface area contributed by atoms with Crippen LogP contribution in [0.3, 0.4) is 0 Å². The molecule has 0 fully saturated rings. The van der Waals surface area contributed by atoms with Crippen molar-refractivity contribution < 1.29 is 9.53 Å². The molecular formula is C14H8ClNO2. The van der Waals surface area contributed by atoms with Gasteiger partial charge in [0.1, 0.15) is 11.8 Å². The fourth-order valence-corrected chi connectivity index (χ4v) is 1.70. The maximum atomic E-state index is 10.9. The Morgan fingerprint density at radius 3 is 2.67 bits per heavy atom. The first-order chi connectivity index (χ1) is 8.76. The highest BCUT2D eigenvalue weighted by molar-refractivity contribution is 6.32. The maximum Gasteiger partial charge on any atom is 0.156 e. The molecule has 0 radical (unpaired) electrons. The number of carbonyl (C=O) groups excluding carboxylic acids is 1. The Hall–Kier alpha value is -2.31. The Bertz CT molecular complexity index is 632. The number of rotatable bonds is 3. The number of nitrogens with zero attached hydrogens (tertiary/aromatic N) is 1. The molecule has 2 rings (SSSR count). The number of nitriles is 1. The second-order valence-corrected chi connectivity index (χ2v) is 3.89. The highest BCUT2D eigenvalue weighted by atomic mass is 35.5. The second kappa shape index (κ2) is 5.35. The first-order valence-electron chi connectivity index (χ1n) is 5.17. The van der Waals surface area contributed by atoms with Gasteiger partial charge in [-0.1, -0.05) is 29.8 Å². The number of aldehydes is 1. The molecule has 2 aromatic rings. The standard InChI is InChI=1S/C14H8ClNO2/c15-12-6-3-5-11(9-17)14(12)18-13-7-2-1-4-10(13)8-16/h1-7,9H. The van der Waals surface area contributed by atoms with Gasteiger partial charge in [-0.25, -0.2) is 0 Å². The molecule has 0 aliphatic rings. The molecule has 0 unspecified atom stereocenters. The lowest BCUT2D eigenvalue weighted by atomic mass is 10.2. The third kappa shape index (κ3) is 2.34. The molecule has 0 heterocycles. The molecule has 0 aromatic heterocycles. The van der Waals surface area contributed by atoms with Crippen molar-refractivity contribution in [3.8, 4) is 17.6 Å². The highest BCUT2D eigenvalue weighted by Crippen LogP contribution is 2.33.